The highest BCUT2D eigenvalue weighted by Gasteiger charge is 1.85. The lowest BCUT2D eigenvalue weighted by molar-refractivity contribution is 0.300. The van der Waals surface area contributed by atoms with E-state index in [9.17, 15) is 0 Å². The van der Waals surface area contributed by atoms with Crippen LogP contribution < -0.4 is 0 Å². The molecule has 0 fully saturated rings. The molecule has 0 aliphatic carbocycles. The van der Waals surface area contributed by atoms with Crippen molar-refractivity contribution < 1.29 is 5.11 Å². The lowest BCUT2D eigenvalue weighted by atomic mass is 10.2. The van der Waals surface area contributed by atoms with Gasteiger partial charge in [-0.2, -0.15) is 0 Å². The van der Waals surface area contributed by atoms with Gasteiger partial charge in [-0.3, -0.25) is 0 Å². The zero-order valence-corrected chi connectivity index (χ0v) is 5.51. The van der Waals surface area contributed by atoms with Crippen molar-refractivity contribution in [3.05, 3.63) is 37.0 Å². The number of hydrogen-bond donors (Lipinski definition) is 1. The van der Waals surface area contributed by atoms with Crippen molar-refractivity contribution in [2.45, 2.75) is 6.42 Å². The molecule has 0 radical (unpaired) electrons. The Morgan fingerprint density at radius 1 is 1.44 bits per heavy atom. The van der Waals surface area contributed by atoms with Crippen LogP contribution in [0.3, 0.4) is 0 Å². The summed E-state index contributed by atoms with van der Waals surface area (Å²) in [6.45, 7) is 7.27. The molecule has 0 aliphatic rings. The van der Waals surface area contributed by atoms with E-state index in [0.29, 0.717) is 6.42 Å². The quantitative estimate of drug-likeness (QED) is 0.565. The van der Waals surface area contributed by atoms with Crippen LogP contribution in [-0.4, -0.2) is 11.7 Å². The lowest BCUT2D eigenvalue weighted by Gasteiger charge is -1.93. The van der Waals surface area contributed by atoms with Gasteiger partial charge in [0.25, 0.3) is 0 Å². The second-order valence-electron chi connectivity index (χ2n) is 1.66. The Morgan fingerprint density at radius 2 is 2.11 bits per heavy atom. The van der Waals surface area contributed by atoms with Crippen molar-refractivity contribution in [3.63, 3.8) is 0 Å². The molecule has 1 nitrogen and oxygen atoms in total. The maximum Gasteiger partial charge on any atom is 0.0471 e. The van der Waals surface area contributed by atoms with Gasteiger partial charge in [-0.15, -0.1) is 0 Å². The Labute approximate surface area is 56.0 Å². The Kier molecular flexibility index (Phi) is 4.83. The van der Waals surface area contributed by atoms with Gasteiger partial charge in [0.05, 0.1) is 0 Å². The highest BCUT2D eigenvalue weighted by Crippen LogP contribution is 2.00. The molecule has 0 bridgehead atoms. The third-order valence-electron chi connectivity index (χ3n) is 0.995. The van der Waals surface area contributed by atoms with Gasteiger partial charge in [0.2, 0.25) is 0 Å². The summed E-state index contributed by atoms with van der Waals surface area (Å²) in [6.07, 6.45) is 5.91. The molecule has 9 heavy (non-hydrogen) atoms. The SMILES string of the molecule is C=C/C=C(\C=C)CCO. The molecule has 0 saturated carbocycles. The number of aliphatic hydroxyl groups is 1. The van der Waals surface area contributed by atoms with Crippen LogP contribution in [-0.2, 0) is 0 Å². The van der Waals surface area contributed by atoms with Crippen LogP contribution in [0, 0.1) is 0 Å². The zero-order chi connectivity index (χ0) is 7.11. The molecule has 50 valence electrons. The summed E-state index contributed by atoms with van der Waals surface area (Å²) in [4.78, 5) is 0. The fraction of sp³-hybridized carbons (Fsp3) is 0.250. The van der Waals surface area contributed by atoms with Gasteiger partial charge >= 0.3 is 0 Å². The maximum absolute atomic E-state index is 8.47. The molecule has 0 aliphatic heterocycles. The summed E-state index contributed by atoms with van der Waals surface area (Å²) in [7, 11) is 0. The minimum atomic E-state index is 0.172. The number of hydrogen-bond acceptors (Lipinski definition) is 1. The smallest absolute Gasteiger partial charge is 0.0471 e. The van der Waals surface area contributed by atoms with Crippen LogP contribution in [0.4, 0.5) is 0 Å². The van der Waals surface area contributed by atoms with E-state index in [2.05, 4.69) is 13.2 Å². The average Bonchev–Trinajstić information content (AvgIpc) is 1.88. The van der Waals surface area contributed by atoms with Crippen LogP contribution in [0.5, 0.6) is 0 Å². The topological polar surface area (TPSA) is 20.2 Å². The summed E-state index contributed by atoms with van der Waals surface area (Å²) in [5, 5.41) is 8.47. The normalized spacial score (nSPS) is 11.0. The highest BCUT2D eigenvalue weighted by atomic mass is 16.2. The van der Waals surface area contributed by atoms with Gasteiger partial charge in [-0.1, -0.05) is 31.4 Å². The molecule has 1 N–H and O–H groups in total. The first-order valence-electron chi connectivity index (χ1n) is 2.90. The predicted molar refractivity (Wildman–Crippen MR) is 40.2 cm³/mol. The molecule has 0 heterocycles. The fourth-order valence-corrected chi connectivity index (χ4v) is 0.534. The molecule has 0 aromatic rings. The van der Waals surface area contributed by atoms with Crippen molar-refractivity contribution in [2.24, 2.45) is 0 Å². The first kappa shape index (κ1) is 8.18. The van der Waals surface area contributed by atoms with Gasteiger partial charge in [-0.25, -0.2) is 0 Å². The first-order chi connectivity index (χ1) is 4.35. The minimum absolute atomic E-state index is 0.172. The molecular formula is C8H12O. The molecule has 0 atom stereocenters. The Bertz CT molecular complexity index is 123. The molecular weight excluding hydrogens is 112 g/mol. The van der Waals surface area contributed by atoms with E-state index >= 15 is 0 Å². The minimum Gasteiger partial charge on any atom is -0.396 e. The molecule has 1 heteroatoms. The first-order valence-corrected chi connectivity index (χ1v) is 2.90. The number of allylic oxidation sites excluding steroid dienone is 3. The zero-order valence-electron chi connectivity index (χ0n) is 5.51. The summed E-state index contributed by atoms with van der Waals surface area (Å²) in [5.41, 5.74) is 1.02. The summed E-state index contributed by atoms with van der Waals surface area (Å²) in [6, 6.07) is 0. The van der Waals surface area contributed by atoms with Crippen LogP contribution >= 0.6 is 0 Å². The van der Waals surface area contributed by atoms with E-state index in [1.165, 1.54) is 0 Å². The monoisotopic (exact) mass is 124 g/mol. The van der Waals surface area contributed by atoms with Crippen molar-refractivity contribution in [3.8, 4) is 0 Å². The van der Waals surface area contributed by atoms with Gasteiger partial charge in [-0.05, 0) is 12.0 Å². The van der Waals surface area contributed by atoms with E-state index in [1.807, 2.05) is 6.08 Å². The van der Waals surface area contributed by atoms with E-state index in [4.69, 9.17) is 5.11 Å². The van der Waals surface area contributed by atoms with E-state index in [-0.39, 0.29) is 6.61 Å². The summed E-state index contributed by atoms with van der Waals surface area (Å²) >= 11 is 0. The lowest BCUT2D eigenvalue weighted by Crippen LogP contribution is -1.83. The summed E-state index contributed by atoms with van der Waals surface area (Å²) < 4.78 is 0. The Morgan fingerprint density at radius 3 is 2.44 bits per heavy atom. The second kappa shape index (κ2) is 5.32. The Hall–Kier alpha value is -0.820. The standard InChI is InChI=1S/C8H12O/c1-3-5-8(4-2)6-7-9/h3-5,9H,1-2,6-7H2/b8-5+. The number of rotatable bonds is 4. The molecule has 0 amide bonds. The average molecular weight is 124 g/mol. The molecule has 0 saturated heterocycles. The van der Waals surface area contributed by atoms with Crippen LogP contribution in [0.25, 0.3) is 0 Å². The van der Waals surface area contributed by atoms with E-state index < -0.39 is 0 Å². The van der Waals surface area contributed by atoms with Crippen molar-refractivity contribution >= 4 is 0 Å². The Balaban J connectivity index is 3.80. The van der Waals surface area contributed by atoms with Gasteiger partial charge in [0.15, 0.2) is 0 Å². The fourth-order valence-electron chi connectivity index (χ4n) is 0.534. The molecule has 0 unspecified atom stereocenters. The predicted octanol–water partition coefficient (Wildman–Crippen LogP) is 1.67. The van der Waals surface area contributed by atoms with Crippen molar-refractivity contribution in [1.29, 1.82) is 0 Å². The summed E-state index contributed by atoms with van der Waals surface area (Å²) in [5.74, 6) is 0. The number of aliphatic hydroxyl groups excluding tert-OH is 1. The molecule has 0 aromatic carbocycles. The highest BCUT2D eigenvalue weighted by molar-refractivity contribution is 5.20. The van der Waals surface area contributed by atoms with Crippen LogP contribution in [0.1, 0.15) is 6.42 Å². The maximum atomic E-state index is 8.47. The third kappa shape index (κ3) is 3.74. The van der Waals surface area contributed by atoms with Gasteiger partial charge in [0, 0.05) is 6.61 Å². The van der Waals surface area contributed by atoms with Gasteiger partial charge < -0.3 is 5.11 Å². The van der Waals surface area contributed by atoms with Crippen LogP contribution in [0.15, 0.2) is 37.0 Å². The molecule has 0 aromatic heterocycles. The van der Waals surface area contributed by atoms with Crippen molar-refractivity contribution in [1.82, 2.24) is 0 Å². The largest absolute Gasteiger partial charge is 0.396 e. The van der Waals surface area contributed by atoms with E-state index in [0.717, 1.165) is 5.57 Å². The third-order valence-corrected chi connectivity index (χ3v) is 0.995. The van der Waals surface area contributed by atoms with Crippen LogP contribution in [0.2, 0.25) is 0 Å². The molecule has 0 spiro atoms. The molecule has 0 rings (SSSR count). The van der Waals surface area contributed by atoms with Crippen molar-refractivity contribution in [2.75, 3.05) is 6.61 Å². The van der Waals surface area contributed by atoms with E-state index in [1.54, 1.807) is 12.2 Å². The van der Waals surface area contributed by atoms with Gasteiger partial charge in [0.1, 0.15) is 0 Å². The second-order valence-corrected chi connectivity index (χ2v) is 1.66.